The molecule has 0 radical (unpaired) electrons. The van der Waals surface area contributed by atoms with E-state index in [1.165, 1.54) is 12.1 Å². The lowest BCUT2D eigenvalue weighted by Crippen LogP contribution is -2.29. The Labute approximate surface area is 151 Å². The summed E-state index contributed by atoms with van der Waals surface area (Å²) in [6, 6.07) is 2.85. The first kappa shape index (κ1) is 19.8. The number of nitrogens with one attached hydrogen (secondary N) is 1. The molecule has 1 aromatic heterocycles. The molecule has 7 heteroatoms. The van der Waals surface area contributed by atoms with Crippen LogP contribution in [0.4, 0.5) is 0 Å². The van der Waals surface area contributed by atoms with E-state index in [9.17, 15) is 19.8 Å². The minimum Gasteiger partial charge on any atom is -0.504 e. The third-order valence-electron chi connectivity index (χ3n) is 4.18. The molecule has 3 N–H and O–H groups in total. The van der Waals surface area contributed by atoms with Gasteiger partial charge in [0.2, 0.25) is 11.7 Å². The summed E-state index contributed by atoms with van der Waals surface area (Å²) in [5, 5.41) is 22.6. The molecule has 2 rings (SSSR count). The SMILES string of the molecule is CCCCOCCCNC(=O)Cc1c(C)c2ccc(O)c(O)c2oc1=O. The molecule has 0 saturated carbocycles. The van der Waals surface area contributed by atoms with Crippen LogP contribution in [0.2, 0.25) is 0 Å². The van der Waals surface area contributed by atoms with Crippen LogP contribution in [0.15, 0.2) is 21.3 Å². The van der Waals surface area contributed by atoms with E-state index in [1.807, 2.05) is 0 Å². The average molecular weight is 363 g/mol. The first-order valence-corrected chi connectivity index (χ1v) is 8.77. The van der Waals surface area contributed by atoms with Crippen LogP contribution < -0.4 is 10.9 Å². The van der Waals surface area contributed by atoms with Gasteiger partial charge >= 0.3 is 5.63 Å². The molecule has 1 aromatic carbocycles. The van der Waals surface area contributed by atoms with Gasteiger partial charge in [-0.3, -0.25) is 4.79 Å². The zero-order valence-electron chi connectivity index (χ0n) is 15.1. The Morgan fingerprint density at radius 3 is 2.69 bits per heavy atom. The number of phenols is 2. The first-order chi connectivity index (χ1) is 12.5. The number of aromatic hydroxyl groups is 2. The molecule has 0 spiro atoms. The number of benzene rings is 1. The maximum atomic E-state index is 12.2. The Kier molecular flexibility index (Phi) is 7.03. The Morgan fingerprint density at radius 2 is 1.96 bits per heavy atom. The molecule has 0 saturated heterocycles. The molecule has 26 heavy (non-hydrogen) atoms. The van der Waals surface area contributed by atoms with Crippen molar-refractivity contribution in [3.05, 3.63) is 33.7 Å². The van der Waals surface area contributed by atoms with Crippen molar-refractivity contribution in [3.63, 3.8) is 0 Å². The van der Waals surface area contributed by atoms with Gasteiger partial charge in [-0.1, -0.05) is 13.3 Å². The van der Waals surface area contributed by atoms with Gasteiger partial charge in [0, 0.05) is 25.1 Å². The minimum atomic E-state index is -0.700. The number of aryl methyl sites for hydroxylation is 1. The maximum Gasteiger partial charge on any atom is 0.340 e. The number of carbonyl (C=O) groups excluding carboxylic acids is 1. The average Bonchev–Trinajstić information content (AvgIpc) is 2.61. The first-order valence-electron chi connectivity index (χ1n) is 8.77. The van der Waals surface area contributed by atoms with E-state index in [4.69, 9.17) is 9.15 Å². The van der Waals surface area contributed by atoms with Gasteiger partial charge < -0.3 is 24.7 Å². The highest BCUT2D eigenvalue weighted by Crippen LogP contribution is 2.34. The molecule has 2 aromatic rings. The molecule has 0 fully saturated rings. The summed E-state index contributed by atoms with van der Waals surface area (Å²) < 4.78 is 10.5. The van der Waals surface area contributed by atoms with Crippen molar-refractivity contribution in [1.82, 2.24) is 5.32 Å². The van der Waals surface area contributed by atoms with Crippen molar-refractivity contribution in [2.45, 2.75) is 39.5 Å². The van der Waals surface area contributed by atoms with Gasteiger partial charge in [-0.15, -0.1) is 0 Å². The smallest absolute Gasteiger partial charge is 0.340 e. The van der Waals surface area contributed by atoms with Crippen molar-refractivity contribution in [1.29, 1.82) is 0 Å². The third kappa shape index (κ3) is 4.76. The number of phenolic OH excluding ortho intramolecular Hbond substituents is 2. The Hall–Kier alpha value is -2.54. The van der Waals surface area contributed by atoms with E-state index in [0.717, 1.165) is 19.4 Å². The van der Waals surface area contributed by atoms with Crippen molar-refractivity contribution < 1.29 is 24.2 Å². The highest BCUT2D eigenvalue weighted by atomic mass is 16.5. The molecule has 0 aliphatic carbocycles. The summed E-state index contributed by atoms with van der Waals surface area (Å²) in [7, 11) is 0. The van der Waals surface area contributed by atoms with Crippen LogP contribution in [0.25, 0.3) is 11.0 Å². The predicted octanol–water partition coefficient (Wildman–Crippen LogP) is 2.38. The monoisotopic (exact) mass is 363 g/mol. The largest absolute Gasteiger partial charge is 0.504 e. The zero-order chi connectivity index (χ0) is 19.1. The molecule has 0 unspecified atom stereocenters. The van der Waals surface area contributed by atoms with Gasteiger partial charge in [0.25, 0.3) is 0 Å². The van der Waals surface area contributed by atoms with Gasteiger partial charge in [0.05, 0.1) is 12.0 Å². The molecule has 0 atom stereocenters. The van der Waals surface area contributed by atoms with Crippen LogP contribution in [0, 0.1) is 6.92 Å². The lowest BCUT2D eigenvalue weighted by molar-refractivity contribution is -0.120. The quantitative estimate of drug-likeness (QED) is 0.358. The molecule has 0 aliphatic rings. The highest BCUT2D eigenvalue weighted by Gasteiger charge is 2.17. The second-order valence-corrected chi connectivity index (χ2v) is 6.15. The predicted molar refractivity (Wildman–Crippen MR) is 97.6 cm³/mol. The molecule has 142 valence electrons. The van der Waals surface area contributed by atoms with E-state index in [1.54, 1.807) is 6.92 Å². The normalized spacial score (nSPS) is 11.0. The lowest BCUT2D eigenvalue weighted by Gasteiger charge is -2.10. The molecular formula is C19H25NO6. The van der Waals surface area contributed by atoms with Crippen molar-refractivity contribution in [2.24, 2.45) is 0 Å². The maximum absolute atomic E-state index is 12.2. The second kappa shape index (κ2) is 9.24. The van der Waals surface area contributed by atoms with Gasteiger partial charge in [0.15, 0.2) is 11.3 Å². The van der Waals surface area contributed by atoms with Gasteiger partial charge in [-0.25, -0.2) is 4.79 Å². The fourth-order valence-corrected chi connectivity index (χ4v) is 2.61. The highest BCUT2D eigenvalue weighted by molar-refractivity contribution is 5.89. The third-order valence-corrected chi connectivity index (χ3v) is 4.18. The van der Waals surface area contributed by atoms with Gasteiger partial charge in [-0.2, -0.15) is 0 Å². The number of hydrogen-bond acceptors (Lipinski definition) is 6. The minimum absolute atomic E-state index is 0.0825. The molecule has 1 heterocycles. The number of amides is 1. The Morgan fingerprint density at radius 1 is 1.23 bits per heavy atom. The number of hydrogen-bond donors (Lipinski definition) is 3. The summed E-state index contributed by atoms with van der Waals surface area (Å²) in [6.45, 7) is 5.56. The van der Waals surface area contributed by atoms with Gasteiger partial charge in [-0.05, 0) is 37.5 Å². The van der Waals surface area contributed by atoms with E-state index >= 15 is 0 Å². The molecular weight excluding hydrogens is 338 g/mol. The summed E-state index contributed by atoms with van der Waals surface area (Å²) >= 11 is 0. The zero-order valence-corrected chi connectivity index (χ0v) is 15.1. The fraction of sp³-hybridized carbons (Fsp3) is 0.474. The summed E-state index contributed by atoms with van der Waals surface area (Å²) in [5.41, 5.74) is -0.00119. The van der Waals surface area contributed by atoms with E-state index < -0.39 is 11.4 Å². The van der Waals surface area contributed by atoms with Crippen molar-refractivity contribution in [2.75, 3.05) is 19.8 Å². The lowest BCUT2D eigenvalue weighted by atomic mass is 10.0. The van der Waals surface area contributed by atoms with Crippen LogP contribution in [-0.2, 0) is 16.0 Å². The Bertz CT molecular complexity index is 827. The molecule has 0 aliphatic heterocycles. The van der Waals surface area contributed by atoms with E-state index in [-0.39, 0.29) is 29.2 Å². The number of rotatable bonds is 9. The van der Waals surface area contributed by atoms with Crippen LogP contribution in [0.3, 0.4) is 0 Å². The molecule has 1 amide bonds. The standard InChI is InChI=1S/C19H25NO6/c1-3-4-9-25-10-5-8-20-16(22)11-14-12(2)13-6-7-15(21)17(23)18(13)26-19(14)24/h6-7,21,23H,3-5,8-11H2,1-2H3,(H,20,22). The summed E-state index contributed by atoms with van der Waals surface area (Å²) in [6.07, 6.45) is 2.70. The van der Waals surface area contributed by atoms with Crippen LogP contribution in [0.1, 0.15) is 37.3 Å². The Balaban J connectivity index is 1.99. The number of unbranched alkanes of at least 4 members (excludes halogenated alkanes) is 1. The van der Waals surface area contributed by atoms with Crippen molar-refractivity contribution in [3.8, 4) is 11.5 Å². The topological polar surface area (TPSA) is 109 Å². The van der Waals surface area contributed by atoms with E-state index in [0.29, 0.717) is 30.5 Å². The van der Waals surface area contributed by atoms with Crippen molar-refractivity contribution >= 4 is 16.9 Å². The van der Waals surface area contributed by atoms with E-state index in [2.05, 4.69) is 12.2 Å². The number of fused-ring (bicyclic) bond motifs is 1. The second-order valence-electron chi connectivity index (χ2n) is 6.15. The van der Waals surface area contributed by atoms with Gasteiger partial charge in [0.1, 0.15) is 0 Å². The van der Waals surface area contributed by atoms with Crippen LogP contribution in [0.5, 0.6) is 11.5 Å². The fourth-order valence-electron chi connectivity index (χ4n) is 2.61. The summed E-state index contributed by atoms with van der Waals surface area (Å²) in [4.78, 5) is 24.3. The number of carbonyl (C=O) groups is 1. The molecule has 7 nitrogen and oxygen atoms in total. The number of ether oxygens (including phenoxy) is 1. The van der Waals surface area contributed by atoms with Crippen LogP contribution in [-0.4, -0.2) is 35.9 Å². The van der Waals surface area contributed by atoms with Crippen LogP contribution >= 0.6 is 0 Å². The molecule has 0 bridgehead atoms. The summed E-state index contributed by atoms with van der Waals surface area (Å²) in [5.74, 6) is -1.13.